The third kappa shape index (κ3) is 3.29. The first-order chi connectivity index (χ1) is 7.70. The van der Waals surface area contributed by atoms with Crippen LogP contribution in [0.25, 0.3) is 0 Å². The monoisotopic (exact) mass is 221 g/mol. The van der Waals surface area contributed by atoms with Gasteiger partial charge in [-0.3, -0.25) is 9.88 Å². The van der Waals surface area contributed by atoms with Crippen LogP contribution in [0.2, 0.25) is 0 Å². The third-order valence-electron chi connectivity index (χ3n) is 2.98. The van der Waals surface area contributed by atoms with Crippen LogP contribution in [0.5, 0.6) is 0 Å². The molecule has 0 saturated carbocycles. The summed E-state index contributed by atoms with van der Waals surface area (Å²) in [6.07, 6.45) is 5.81. The molecule has 0 aliphatic rings. The number of aromatic nitrogens is 1. The minimum Gasteiger partial charge on any atom is -0.326 e. The van der Waals surface area contributed by atoms with Crippen molar-refractivity contribution in [1.29, 1.82) is 0 Å². The quantitative estimate of drug-likeness (QED) is 0.800. The van der Waals surface area contributed by atoms with Crippen LogP contribution in [-0.2, 0) is 0 Å². The predicted octanol–water partition coefficient (Wildman–Crippen LogP) is 2.20. The number of pyridine rings is 1. The Morgan fingerprint density at radius 1 is 1.31 bits per heavy atom. The van der Waals surface area contributed by atoms with Gasteiger partial charge in [0.1, 0.15) is 0 Å². The molecule has 2 N–H and O–H groups in total. The summed E-state index contributed by atoms with van der Waals surface area (Å²) in [5, 5.41) is 0. The van der Waals surface area contributed by atoms with Gasteiger partial charge in [0.05, 0.1) is 0 Å². The fourth-order valence-corrected chi connectivity index (χ4v) is 2.10. The van der Waals surface area contributed by atoms with Crippen molar-refractivity contribution < 1.29 is 0 Å². The molecule has 0 saturated heterocycles. The minimum absolute atomic E-state index is 0.180. The fourth-order valence-electron chi connectivity index (χ4n) is 2.10. The molecule has 0 spiro atoms. The Labute approximate surface area is 98.7 Å². The van der Waals surface area contributed by atoms with Crippen LogP contribution < -0.4 is 5.73 Å². The zero-order valence-electron chi connectivity index (χ0n) is 10.6. The fraction of sp³-hybridized carbons (Fsp3) is 0.615. The van der Waals surface area contributed by atoms with Gasteiger partial charge < -0.3 is 5.73 Å². The van der Waals surface area contributed by atoms with Gasteiger partial charge in [0.2, 0.25) is 0 Å². The number of hydrogen-bond acceptors (Lipinski definition) is 3. The number of hydrogen-bond donors (Lipinski definition) is 1. The van der Waals surface area contributed by atoms with E-state index in [4.69, 9.17) is 5.73 Å². The Morgan fingerprint density at radius 2 is 1.94 bits per heavy atom. The summed E-state index contributed by atoms with van der Waals surface area (Å²) in [6, 6.07) is 4.60. The molecule has 0 aliphatic heterocycles. The molecule has 1 aromatic heterocycles. The van der Waals surface area contributed by atoms with Crippen molar-refractivity contribution in [1.82, 2.24) is 9.88 Å². The van der Waals surface area contributed by atoms with E-state index in [9.17, 15) is 0 Å². The number of likely N-dealkylation sites (N-methyl/N-ethyl adjacent to an activating group) is 1. The smallest absolute Gasteiger partial charge is 0.0497 e. The Bertz CT molecular complexity index is 286. The van der Waals surface area contributed by atoms with Gasteiger partial charge in [-0.25, -0.2) is 0 Å². The van der Waals surface area contributed by atoms with Gasteiger partial charge in [-0.2, -0.15) is 0 Å². The summed E-state index contributed by atoms with van der Waals surface area (Å²) < 4.78 is 0. The SMILES string of the molecule is CCCN(C)C(c1ccncc1)C(N)CC. The molecule has 16 heavy (non-hydrogen) atoms. The first-order valence-corrected chi connectivity index (χ1v) is 6.06. The summed E-state index contributed by atoms with van der Waals surface area (Å²) >= 11 is 0. The maximum Gasteiger partial charge on any atom is 0.0497 e. The van der Waals surface area contributed by atoms with Gasteiger partial charge in [-0.15, -0.1) is 0 Å². The van der Waals surface area contributed by atoms with E-state index in [2.05, 4.69) is 42.9 Å². The van der Waals surface area contributed by atoms with Crippen molar-refractivity contribution in [2.75, 3.05) is 13.6 Å². The van der Waals surface area contributed by atoms with E-state index >= 15 is 0 Å². The van der Waals surface area contributed by atoms with Gasteiger partial charge in [-0.1, -0.05) is 13.8 Å². The van der Waals surface area contributed by atoms with Gasteiger partial charge in [-0.05, 0) is 44.1 Å². The van der Waals surface area contributed by atoms with Crippen LogP contribution in [0.3, 0.4) is 0 Å². The first kappa shape index (κ1) is 13.1. The van der Waals surface area contributed by atoms with Crippen LogP contribution in [0, 0.1) is 0 Å². The van der Waals surface area contributed by atoms with Crippen molar-refractivity contribution in [2.24, 2.45) is 5.73 Å². The molecule has 3 heteroatoms. The molecule has 0 fully saturated rings. The lowest BCUT2D eigenvalue weighted by atomic mass is 9.97. The molecule has 0 aliphatic carbocycles. The molecule has 0 amide bonds. The number of nitrogens with zero attached hydrogens (tertiary/aromatic N) is 2. The van der Waals surface area contributed by atoms with E-state index in [0.29, 0.717) is 6.04 Å². The lowest BCUT2D eigenvalue weighted by molar-refractivity contribution is 0.210. The van der Waals surface area contributed by atoms with Crippen LogP contribution >= 0.6 is 0 Å². The molecule has 2 unspecified atom stereocenters. The molecular weight excluding hydrogens is 198 g/mol. The highest BCUT2D eigenvalue weighted by Gasteiger charge is 2.22. The molecule has 1 heterocycles. The Morgan fingerprint density at radius 3 is 2.44 bits per heavy atom. The average molecular weight is 221 g/mol. The lowest BCUT2D eigenvalue weighted by Gasteiger charge is -2.32. The zero-order valence-corrected chi connectivity index (χ0v) is 10.6. The molecule has 1 aromatic rings. The maximum absolute atomic E-state index is 6.22. The second-order valence-corrected chi connectivity index (χ2v) is 4.28. The molecule has 0 aromatic carbocycles. The van der Waals surface area contributed by atoms with E-state index in [1.807, 2.05) is 12.4 Å². The zero-order chi connectivity index (χ0) is 12.0. The van der Waals surface area contributed by atoms with Crippen LogP contribution in [-0.4, -0.2) is 29.5 Å². The summed E-state index contributed by atoms with van der Waals surface area (Å²) in [5.74, 6) is 0. The summed E-state index contributed by atoms with van der Waals surface area (Å²) in [7, 11) is 2.14. The minimum atomic E-state index is 0.180. The summed E-state index contributed by atoms with van der Waals surface area (Å²) in [4.78, 5) is 6.40. The van der Waals surface area contributed by atoms with Gasteiger partial charge in [0, 0.05) is 24.5 Å². The normalized spacial score (nSPS) is 15.1. The Hall–Kier alpha value is -0.930. The average Bonchev–Trinajstić information content (AvgIpc) is 2.31. The molecular formula is C13H23N3. The Kier molecular flexibility index (Phi) is 5.43. The molecule has 1 rings (SSSR count). The largest absolute Gasteiger partial charge is 0.326 e. The highest BCUT2D eigenvalue weighted by Crippen LogP contribution is 2.23. The molecule has 90 valence electrons. The predicted molar refractivity (Wildman–Crippen MR) is 68.2 cm³/mol. The Balaban J connectivity index is 2.87. The topological polar surface area (TPSA) is 42.2 Å². The van der Waals surface area contributed by atoms with E-state index in [1.54, 1.807) is 0 Å². The lowest BCUT2D eigenvalue weighted by Crippen LogP contribution is -2.39. The van der Waals surface area contributed by atoms with Crippen molar-refractivity contribution >= 4 is 0 Å². The van der Waals surface area contributed by atoms with Gasteiger partial charge in [0.15, 0.2) is 0 Å². The van der Waals surface area contributed by atoms with Crippen LogP contribution in [0.1, 0.15) is 38.3 Å². The van der Waals surface area contributed by atoms with E-state index < -0.39 is 0 Å². The second-order valence-electron chi connectivity index (χ2n) is 4.28. The highest BCUT2D eigenvalue weighted by atomic mass is 15.1. The molecule has 0 bridgehead atoms. The first-order valence-electron chi connectivity index (χ1n) is 6.06. The third-order valence-corrected chi connectivity index (χ3v) is 2.98. The van der Waals surface area contributed by atoms with Crippen molar-refractivity contribution in [3.63, 3.8) is 0 Å². The van der Waals surface area contributed by atoms with Gasteiger partial charge >= 0.3 is 0 Å². The molecule has 3 nitrogen and oxygen atoms in total. The molecule has 0 radical (unpaired) electrons. The van der Waals surface area contributed by atoms with E-state index in [1.165, 1.54) is 5.56 Å². The van der Waals surface area contributed by atoms with Crippen molar-refractivity contribution in [2.45, 2.75) is 38.8 Å². The van der Waals surface area contributed by atoms with Gasteiger partial charge in [0.25, 0.3) is 0 Å². The standard InChI is InChI=1S/C13H23N3/c1-4-10-16(3)13(12(14)5-2)11-6-8-15-9-7-11/h6-9,12-13H,4-5,10,14H2,1-3H3. The molecule has 2 atom stereocenters. The summed E-state index contributed by atoms with van der Waals surface area (Å²) in [6.45, 7) is 5.40. The van der Waals surface area contributed by atoms with Crippen LogP contribution in [0.4, 0.5) is 0 Å². The van der Waals surface area contributed by atoms with Crippen molar-refractivity contribution in [3.8, 4) is 0 Å². The summed E-state index contributed by atoms with van der Waals surface area (Å²) in [5.41, 5.74) is 7.48. The van der Waals surface area contributed by atoms with E-state index in [-0.39, 0.29) is 6.04 Å². The maximum atomic E-state index is 6.22. The number of rotatable bonds is 6. The van der Waals surface area contributed by atoms with Crippen LogP contribution in [0.15, 0.2) is 24.5 Å². The van der Waals surface area contributed by atoms with E-state index in [0.717, 1.165) is 19.4 Å². The van der Waals surface area contributed by atoms with Crippen molar-refractivity contribution in [3.05, 3.63) is 30.1 Å². The highest BCUT2D eigenvalue weighted by molar-refractivity contribution is 5.17. The second kappa shape index (κ2) is 6.61. The number of nitrogens with two attached hydrogens (primary N) is 1.